The van der Waals surface area contributed by atoms with Crippen molar-refractivity contribution in [1.29, 1.82) is 0 Å². The summed E-state index contributed by atoms with van der Waals surface area (Å²) in [7, 11) is 0. The molecular weight excluding hydrogens is 488 g/mol. The summed E-state index contributed by atoms with van der Waals surface area (Å²) in [5.74, 6) is -5.80. The number of aliphatic hydroxyl groups is 1. The molecule has 0 heterocycles. The van der Waals surface area contributed by atoms with Crippen LogP contribution in [0.5, 0.6) is 5.75 Å². The number of esters is 1. The second kappa shape index (κ2) is 11.3. The standard InChI is InChI=1S/C29H28F4O4/c1-3-36-24-15-14-22(26(31)28(24)33)19-8-10-20(11-9-19)37-29(35)23-13-12-21(25(30)27(23)32)18-6-4-17(5-7-18)16(2)34/h4-7,12-16,19-20,34H,3,8-11H2,1-2H3. The van der Waals surface area contributed by atoms with Crippen LogP contribution in [-0.2, 0) is 4.74 Å². The first-order valence-electron chi connectivity index (χ1n) is 12.3. The van der Waals surface area contributed by atoms with Crippen LogP contribution < -0.4 is 4.74 Å². The number of rotatable bonds is 7. The van der Waals surface area contributed by atoms with Crippen molar-refractivity contribution in [3.05, 3.63) is 88.5 Å². The van der Waals surface area contributed by atoms with E-state index in [4.69, 9.17) is 9.47 Å². The smallest absolute Gasteiger partial charge is 0.341 e. The van der Waals surface area contributed by atoms with Gasteiger partial charge in [0.15, 0.2) is 23.2 Å². The third-order valence-corrected chi connectivity index (χ3v) is 6.77. The summed E-state index contributed by atoms with van der Waals surface area (Å²) in [6.45, 7) is 3.50. The Bertz CT molecular complexity index is 1270. The largest absolute Gasteiger partial charge is 0.491 e. The summed E-state index contributed by atoms with van der Waals surface area (Å²) in [6.07, 6.45) is 0.407. The third-order valence-electron chi connectivity index (χ3n) is 6.77. The molecule has 0 amide bonds. The second-order valence-electron chi connectivity index (χ2n) is 9.18. The van der Waals surface area contributed by atoms with Gasteiger partial charge in [0.05, 0.1) is 18.3 Å². The summed E-state index contributed by atoms with van der Waals surface area (Å²) < 4.78 is 69.0. The van der Waals surface area contributed by atoms with Crippen LogP contribution in [0.15, 0.2) is 48.5 Å². The molecule has 1 aliphatic rings. The molecule has 1 unspecified atom stereocenters. The number of halogens is 4. The zero-order valence-corrected chi connectivity index (χ0v) is 20.6. The molecule has 0 aliphatic heterocycles. The number of carbonyl (C=O) groups is 1. The molecule has 0 aromatic heterocycles. The minimum Gasteiger partial charge on any atom is -0.491 e. The van der Waals surface area contributed by atoms with Gasteiger partial charge in [0, 0.05) is 5.56 Å². The Hall–Kier alpha value is -3.39. The second-order valence-corrected chi connectivity index (χ2v) is 9.18. The average Bonchev–Trinajstić information content (AvgIpc) is 2.89. The Morgan fingerprint density at radius 3 is 2.19 bits per heavy atom. The van der Waals surface area contributed by atoms with Crippen molar-refractivity contribution < 1.29 is 36.9 Å². The van der Waals surface area contributed by atoms with Crippen LogP contribution >= 0.6 is 0 Å². The number of ether oxygens (including phenoxy) is 2. The quantitative estimate of drug-likeness (QED) is 0.266. The van der Waals surface area contributed by atoms with Gasteiger partial charge in [0.1, 0.15) is 6.10 Å². The lowest BCUT2D eigenvalue weighted by atomic mass is 9.82. The summed E-state index contributed by atoms with van der Waals surface area (Å²) in [6, 6.07) is 11.8. The van der Waals surface area contributed by atoms with Crippen LogP contribution in [0, 0.1) is 23.3 Å². The average molecular weight is 517 g/mol. The third kappa shape index (κ3) is 5.64. The van der Waals surface area contributed by atoms with Gasteiger partial charge in [-0.3, -0.25) is 0 Å². The molecule has 3 aromatic rings. The molecule has 1 aliphatic carbocycles. The van der Waals surface area contributed by atoms with Crippen molar-refractivity contribution in [2.45, 2.75) is 57.7 Å². The van der Waals surface area contributed by atoms with Crippen LogP contribution in [0.25, 0.3) is 11.1 Å². The van der Waals surface area contributed by atoms with Gasteiger partial charge in [0.2, 0.25) is 5.82 Å². The fourth-order valence-electron chi connectivity index (χ4n) is 4.71. The van der Waals surface area contributed by atoms with Crippen molar-refractivity contribution in [2.24, 2.45) is 0 Å². The summed E-state index contributed by atoms with van der Waals surface area (Å²) in [4.78, 5) is 12.6. The predicted octanol–water partition coefficient (Wildman–Crippen LogP) is 7.25. The highest BCUT2D eigenvalue weighted by molar-refractivity contribution is 5.90. The molecule has 8 heteroatoms. The van der Waals surface area contributed by atoms with Crippen molar-refractivity contribution in [1.82, 2.24) is 0 Å². The number of benzene rings is 3. The van der Waals surface area contributed by atoms with Crippen LogP contribution in [0.1, 0.15) is 73.0 Å². The Balaban J connectivity index is 1.41. The van der Waals surface area contributed by atoms with Gasteiger partial charge in [-0.05, 0) is 74.3 Å². The maximum absolute atomic E-state index is 14.8. The Kier molecular flexibility index (Phi) is 8.17. The van der Waals surface area contributed by atoms with E-state index in [1.165, 1.54) is 24.3 Å². The minimum atomic E-state index is -1.30. The Morgan fingerprint density at radius 2 is 1.57 bits per heavy atom. The highest BCUT2D eigenvalue weighted by atomic mass is 19.2. The van der Waals surface area contributed by atoms with Crippen LogP contribution in [0.2, 0.25) is 0 Å². The molecule has 196 valence electrons. The molecule has 3 aromatic carbocycles. The SMILES string of the molecule is CCOc1ccc(C2CCC(OC(=O)c3ccc(-c4ccc(C(C)O)cc4)c(F)c3F)CC2)c(F)c1F. The molecule has 4 nitrogen and oxygen atoms in total. The number of carbonyl (C=O) groups excluding carboxylic acids is 1. The van der Waals surface area contributed by atoms with E-state index in [1.54, 1.807) is 38.1 Å². The summed E-state index contributed by atoms with van der Waals surface area (Å²) >= 11 is 0. The van der Waals surface area contributed by atoms with Gasteiger partial charge in [0.25, 0.3) is 0 Å². The molecule has 1 saturated carbocycles. The van der Waals surface area contributed by atoms with Gasteiger partial charge in [-0.1, -0.05) is 36.4 Å². The lowest BCUT2D eigenvalue weighted by Gasteiger charge is -2.29. The van der Waals surface area contributed by atoms with Gasteiger partial charge >= 0.3 is 5.97 Å². The fraction of sp³-hybridized carbons (Fsp3) is 0.345. The summed E-state index contributed by atoms with van der Waals surface area (Å²) in [5.41, 5.74) is 0.753. The van der Waals surface area contributed by atoms with Crippen molar-refractivity contribution in [3.63, 3.8) is 0 Å². The maximum Gasteiger partial charge on any atom is 0.341 e. The van der Waals surface area contributed by atoms with Gasteiger partial charge in [-0.2, -0.15) is 4.39 Å². The molecule has 4 rings (SSSR count). The van der Waals surface area contributed by atoms with E-state index in [1.807, 2.05) is 0 Å². The van der Waals surface area contributed by atoms with Gasteiger partial charge in [-0.15, -0.1) is 0 Å². The highest BCUT2D eigenvalue weighted by Crippen LogP contribution is 2.38. The molecule has 1 N–H and O–H groups in total. The first-order valence-corrected chi connectivity index (χ1v) is 12.3. The zero-order valence-electron chi connectivity index (χ0n) is 20.6. The lowest BCUT2D eigenvalue weighted by Crippen LogP contribution is -2.25. The number of hydrogen-bond acceptors (Lipinski definition) is 4. The van der Waals surface area contributed by atoms with E-state index in [2.05, 4.69) is 0 Å². The lowest BCUT2D eigenvalue weighted by molar-refractivity contribution is 0.0188. The van der Waals surface area contributed by atoms with E-state index in [0.29, 0.717) is 36.8 Å². The highest BCUT2D eigenvalue weighted by Gasteiger charge is 2.30. The van der Waals surface area contributed by atoms with E-state index in [9.17, 15) is 27.5 Å². The first kappa shape index (κ1) is 26.7. The van der Waals surface area contributed by atoms with Crippen LogP contribution in [0.4, 0.5) is 17.6 Å². The van der Waals surface area contributed by atoms with E-state index >= 15 is 0 Å². The molecular formula is C29H28F4O4. The fourth-order valence-corrected chi connectivity index (χ4v) is 4.71. The van der Waals surface area contributed by atoms with Gasteiger partial charge < -0.3 is 14.6 Å². The molecule has 1 fully saturated rings. The van der Waals surface area contributed by atoms with E-state index < -0.39 is 47.0 Å². The number of aliphatic hydroxyl groups excluding tert-OH is 1. The Morgan fingerprint density at radius 1 is 0.892 bits per heavy atom. The van der Waals surface area contributed by atoms with Crippen LogP contribution in [-0.4, -0.2) is 23.8 Å². The van der Waals surface area contributed by atoms with Crippen molar-refractivity contribution >= 4 is 5.97 Å². The van der Waals surface area contributed by atoms with Crippen LogP contribution in [0.3, 0.4) is 0 Å². The van der Waals surface area contributed by atoms with Gasteiger partial charge in [-0.25, -0.2) is 18.0 Å². The van der Waals surface area contributed by atoms with E-state index in [-0.39, 0.29) is 29.4 Å². The number of hydrogen-bond donors (Lipinski definition) is 1. The van der Waals surface area contributed by atoms with Crippen molar-refractivity contribution in [2.75, 3.05) is 6.61 Å². The van der Waals surface area contributed by atoms with E-state index in [0.717, 1.165) is 0 Å². The molecule has 0 spiro atoms. The molecule has 37 heavy (non-hydrogen) atoms. The zero-order chi connectivity index (χ0) is 26.7. The maximum atomic E-state index is 14.8. The normalized spacial score (nSPS) is 18.4. The molecule has 1 atom stereocenters. The molecule has 0 saturated heterocycles. The topological polar surface area (TPSA) is 55.8 Å². The van der Waals surface area contributed by atoms with Crippen molar-refractivity contribution in [3.8, 4) is 16.9 Å². The Labute approximate surface area is 212 Å². The molecule has 0 bridgehead atoms. The first-order chi connectivity index (χ1) is 17.7. The minimum absolute atomic E-state index is 0.0173. The summed E-state index contributed by atoms with van der Waals surface area (Å²) in [5, 5.41) is 9.62. The predicted molar refractivity (Wildman–Crippen MR) is 130 cm³/mol. The molecule has 0 radical (unpaired) electrons. The monoisotopic (exact) mass is 516 g/mol.